The van der Waals surface area contributed by atoms with Crippen molar-refractivity contribution in [2.45, 2.75) is 70.9 Å². The van der Waals surface area contributed by atoms with Crippen LogP contribution in [0.25, 0.3) is 0 Å². The molecule has 0 radical (unpaired) electrons. The fraction of sp³-hybridized carbons (Fsp3) is 0.680. The second kappa shape index (κ2) is 9.51. The average Bonchev–Trinajstić information content (AvgIpc) is 3.28. The normalized spacial score (nSPS) is 24.0. The zero-order valence-electron chi connectivity index (χ0n) is 18.6. The van der Waals surface area contributed by atoms with Gasteiger partial charge < -0.3 is 10.2 Å². The van der Waals surface area contributed by atoms with E-state index in [1.807, 2.05) is 18.7 Å². The van der Waals surface area contributed by atoms with E-state index in [0.29, 0.717) is 5.92 Å². The number of hydrogen-bond acceptors (Lipinski definition) is 3. The minimum Gasteiger partial charge on any atom is -0.348 e. The van der Waals surface area contributed by atoms with Crippen molar-refractivity contribution in [3.05, 3.63) is 35.4 Å². The molecule has 2 atom stereocenters. The first-order chi connectivity index (χ1) is 14.5. The van der Waals surface area contributed by atoms with E-state index in [2.05, 4.69) is 34.5 Å². The highest BCUT2D eigenvalue weighted by molar-refractivity contribution is 5.83. The molecule has 2 fully saturated rings. The summed E-state index contributed by atoms with van der Waals surface area (Å²) in [5.41, 5.74) is 2.68. The third kappa shape index (κ3) is 4.56. The summed E-state index contributed by atoms with van der Waals surface area (Å²) in [4.78, 5) is 30.3. The highest BCUT2D eigenvalue weighted by Gasteiger charge is 2.38. The van der Waals surface area contributed by atoms with Crippen molar-refractivity contribution in [3.8, 4) is 0 Å². The molecule has 1 saturated heterocycles. The molecule has 1 aliphatic heterocycles. The number of fused-ring (bicyclic) bond motifs is 1. The van der Waals surface area contributed by atoms with Crippen LogP contribution in [0, 0.1) is 11.8 Å². The Kier molecular flexibility index (Phi) is 6.77. The predicted molar refractivity (Wildman–Crippen MR) is 119 cm³/mol. The summed E-state index contributed by atoms with van der Waals surface area (Å²) >= 11 is 0. The van der Waals surface area contributed by atoms with Gasteiger partial charge in [-0.25, -0.2) is 0 Å². The average molecular weight is 412 g/mol. The number of piperazine rings is 1. The minimum absolute atomic E-state index is 0.0387. The molecule has 3 aliphatic rings. The molecule has 5 nitrogen and oxygen atoms in total. The van der Waals surface area contributed by atoms with E-state index < -0.39 is 0 Å². The van der Waals surface area contributed by atoms with Crippen LogP contribution in [-0.2, 0) is 16.0 Å². The summed E-state index contributed by atoms with van der Waals surface area (Å²) in [6, 6.07) is 8.64. The van der Waals surface area contributed by atoms with Gasteiger partial charge in [-0.05, 0) is 49.1 Å². The lowest BCUT2D eigenvalue weighted by atomic mass is 9.87. The minimum atomic E-state index is -0.0575. The Bertz CT molecular complexity index is 749. The Morgan fingerprint density at radius 2 is 1.67 bits per heavy atom. The van der Waals surface area contributed by atoms with Gasteiger partial charge in [-0.2, -0.15) is 0 Å². The number of aryl methyl sites for hydroxylation is 1. The van der Waals surface area contributed by atoms with E-state index in [-0.39, 0.29) is 29.8 Å². The second-order valence-corrected chi connectivity index (χ2v) is 9.66. The van der Waals surface area contributed by atoms with Gasteiger partial charge in [-0.3, -0.25) is 14.5 Å². The van der Waals surface area contributed by atoms with Gasteiger partial charge in [0.1, 0.15) is 0 Å². The first-order valence-electron chi connectivity index (χ1n) is 12.0. The number of amides is 2. The molecule has 1 N–H and O–H groups in total. The van der Waals surface area contributed by atoms with E-state index in [9.17, 15) is 9.59 Å². The van der Waals surface area contributed by atoms with E-state index in [1.54, 1.807) is 0 Å². The van der Waals surface area contributed by atoms with Crippen molar-refractivity contribution in [3.63, 3.8) is 0 Å². The van der Waals surface area contributed by atoms with E-state index in [1.165, 1.54) is 24.0 Å². The lowest BCUT2D eigenvalue weighted by molar-refractivity contribution is -0.138. The van der Waals surface area contributed by atoms with Crippen molar-refractivity contribution in [1.82, 2.24) is 15.1 Å². The molecule has 0 aromatic heterocycles. The summed E-state index contributed by atoms with van der Waals surface area (Å²) in [5, 5.41) is 3.44. The van der Waals surface area contributed by atoms with Crippen molar-refractivity contribution in [2.24, 2.45) is 11.8 Å². The third-order valence-corrected chi connectivity index (χ3v) is 7.31. The number of nitrogens with one attached hydrogen (secondary N) is 1. The maximum absolute atomic E-state index is 13.6. The lowest BCUT2D eigenvalue weighted by Gasteiger charge is -2.42. The summed E-state index contributed by atoms with van der Waals surface area (Å²) in [5.74, 6) is 0.913. The van der Waals surface area contributed by atoms with Gasteiger partial charge >= 0.3 is 0 Å². The van der Waals surface area contributed by atoms with Crippen LogP contribution in [0.2, 0.25) is 0 Å². The van der Waals surface area contributed by atoms with Gasteiger partial charge in [0.05, 0.1) is 12.1 Å². The van der Waals surface area contributed by atoms with Crippen LogP contribution in [0.3, 0.4) is 0 Å². The van der Waals surface area contributed by atoms with Gasteiger partial charge in [0, 0.05) is 32.1 Å². The number of nitrogens with zero attached hydrogens (tertiary/aromatic N) is 2. The molecule has 0 bridgehead atoms. The van der Waals surface area contributed by atoms with Crippen LogP contribution in [0.15, 0.2) is 24.3 Å². The van der Waals surface area contributed by atoms with E-state index in [0.717, 1.165) is 58.3 Å². The predicted octanol–water partition coefficient (Wildman–Crippen LogP) is 3.54. The first kappa shape index (κ1) is 21.4. The van der Waals surface area contributed by atoms with Crippen LogP contribution in [0.5, 0.6) is 0 Å². The summed E-state index contributed by atoms with van der Waals surface area (Å²) in [7, 11) is 0. The molecule has 1 saturated carbocycles. The molecule has 1 aromatic rings. The molecule has 4 rings (SSSR count). The molecular weight excluding hydrogens is 374 g/mol. The summed E-state index contributed by atoms with van der Waals surface area (Å²) in [6.07, 6.45) is 8.01. The lowest BCUT2D eigenvalue weighted by Crippen LogP contribution is -2.58. The molecule has 2 amide bonds. The van der Waals surface area contributed by atoms with E-state index >= 15 is 0 Å². The SMILES string of the molecule is CC(C)C(=O)N1CCN([C@@H](C(=O)N[C@H]2CCCc3ccccc32)C2CCCC2)CC1. The molecule has 164 valence electrons. The Morgan fingerprint density at radius 3 is 2.37 bits per heavy atom. The Labute approximate surface area is 181 Å². The van der Waals surface area contributed by atoms with Gasteiger partial charge in [-0.15, -0.1) is 0 Å². The molecule has 30 heavy (non-hydrogen) atoms. The van der Waals surface area contributed by atoms with Crippen molar-refractivity contribution < 1.29 is 9.59 Å². The van der Waals surface area contributed by atoms with Crippen LogP contribution >= 0.6 is 0 Å². The molecular formula is C25H37N3O2. The van der Waals surface area contributed by atoms with Crippen molar-refractivity contribution in [2.75, 3.05) is 26.2 Å². The smallest absolute Gasteiger partial charge is 0.238 e. The molecule has 5 heteroatoms. The van der Waals surface area contributed by atoms with Crippen LogP contribution in [-0.4, -0.2) is 53.8 Å². The first-order valence-corrected chi connectivity index (χ1v) is 12.0. The monoisotopic (exact) mass is 411 g/mol. The fourth-order valence-corrected chi connectivity index (χ4v) is 5.70. The van der Waals surface area contributed by atoms with Gasteiger partial charge in [0.2, 0.25) is 11.8 Å². The number of carbonyl (C=O) groups excluding carboxylic acids is 2. The topological polar surface area (TPSA) is 52.7 Å². The number of rotatable bonds is 5. The highest BCUT2D eigenvalue weighted by Crippen LogP contribution is 2.33. The van der Waals surface area contributed by atoms with Crippen LogP contribution in [0.4, 0.5) is 0 Å². The van der Waals surface area contributed by atoms with Crippen molar-refractivity contribution in [1.29, 1.82) is 0 Å². The quantitative estimate of drug-likeness (QED) is 0.806. The standard InChI is InChI=1S/C25H37N3O2/c1-18(2)25(30)28-16-14-27(15-17-28)23(20-9-3-4-10-20)24(29)26-22-13-7-11-19-8-5-6-12-21(19)22/h5-6,8,12,18,20,22-23H,3-4,7,9-11,13-17H2,1-2H3,(H,26,29)/t22-,23+/m0/s1. The van der Waals surface area contributed by atoms with Gasteiger partial charge in [-0.1, -0.05) is 51.0 Å². The molecule has 1 aromatic carbocycles. The number of hydrogen-bond donors (Lipinski definition) is 1. The Morgan fingerprint density at radius 1 is 0.967 bits per heavy atom. The summed E-state index contributed by atoms with van der Waals surface area (Å²) in [6.45, 7) is 7.00. The third-order valence-electron chi connectivity index (χ3n) is 7.31. The molecule has 0 unspecified atom stereocenters. The van der Waals surface area contributed by atoms with Crippen LogP contribution < -0.4 is 5.32 Å². The summed E-state index contributed by atoms with van der Waals surface area (Å²) < 4.78 is 0. The zero-order chi connectivity index (χ0) is 21.1. The van der Waals surface area contributed by atoms with Crippen LogP contribution in [0.1, 0.15) is 69.5 Å². The fourth-order valence-electron chi connectivity index (χ4n) is 5.70. The Hall–Kier alpha value is -1.88. The molecule has 2 aliphatic carbocycles. The highest BCUT2D eigenvalue weighted by atomic mass is 16.2. The van der Waals surface area contributed by atoms with Gasteiger partial charge in [0.15, 0.2) is 0 Å². The maximum atomic E-state index is 13.6. The number of carbonyl (C=O) groups is 2. The number of benzene rings is 1. The molecule has 0 spiro atoms. The maximum Gasteiger partial charge on any atom is 0.238 e. The second-order valence-electron chi connectivity index (χ2n) is 9.66. The van der Waals surface area contributed by atoms with Crippen molar-refractivity contribution >= 4 is 11.8 Å². The zero-order valence-corrected chi connectivity index (χ0v) is 18.6. The molecule has 1 heterocycles. The van der Waals surface area contributed by atoms with Gasteiger partial charge in [0.25, 0.3) is 0 Å². The van der Waals surface area contributed by atoms with E-state index in [4.69, 9.17) is 0 Å². The Balaban J connectivity index is 1.45. The largest absolute Gasteiger partial charge is 0.348 e.